The SMILES string of the molecule is CNc1ccc(C(=O)NCC(C)(C)CCOC)cc1C. The largest absolute Gasteiger partial charge is 0.388 e. The number of anilines is 1. The molecule has 0 aromatic heterocycles. The molecule has 2 N–H and O–H groups in total. The Morgan fingerprint density at radius 2 is 2.05 bits per heavy atom. The molecule has 1 rings (SSSR count). The summed E-state index contributed by atoms with van der Waals surface area (Å²) in [5.74, 6) is -0.0266. The van der Waals surface area contributed by atoms with Crippen molar-refractivity contribution in [3.05, 3.63) is 29.3 Å². The first kappa shape index (κ1) is 16.5. The third-order valence-corrected chi connectivity index (χ3v) is 3.47. The Morgan fingerprint density at radius 3 is 2.60 bits per heavy atom. The van der Waals surface area contributed by atoms with E-state index in [-0.39, 0.29) is 11.3 Å². The highest BCUT2D eigenvalue weighted by atomic mass is 16.5. The second-order valence-corrected chi connectivity index (χ2v) is 5.87. The molecule has 0 saturated carbocycles. The average Bonchev–Trinajstić information content (AvgIpc) is 2.42. The van der Waals surface area contributed by atoms with Crippen LogP contribution in [0.2, 0.25) is 0 Å². The van der Waals surface area contributed by atoms with Crippen LogP contribution < -0.4 is 10.6 Å². The lowest BCUT2D eigenvalue weighted by atomic mass is 9.89. The van der Waals surface area contributed by atoms with Gasteiger partial charge in [0.1, 0.15) is 0 Å². The molecule has 20 heavy (non-hydrogen) atoms. The van der Waals surface area contributed by atoms with Gasteiger partial charge in [-0.1, -0.05) is 13.8 Å². The molecule has 0 spiro atoms. The standard InChI is InChI=1S/C16H26N2O2/c1-12-10-13(6-7-14(12)17-4)15(19)18-11-16(2,3)8-9-20-5/h6-7,10,17H,8-9,11H2,1-5H3,(H,18,19). The number of nitrogens with one attached hydrogen (secondary N) is 2. The van der Waals surface area contributed by atoms with Crippen molar-refractivity contribution >= 4 is 11.6 Å². The average molecular weight is 278 g/mol. The number of aryl methyl sites for hydroxylation is 1. The molecule has 0 aliphatic heterocycles. The van der Waals surface area contributed by atoms with Crippen LogP contribution in [0.15, 0.2) is 18.2 Å². The second-order valence-electron chi connectivity index (χ2n) is 5.87. The van der Waals surface area contributed by atoms with Gasteiger partial charge in [0.2, 0.25) is 0 Å². The van der Waals surface area contributed by atoms with E-state index in [1.165, 1.54) is 0 Å². The molecule has 0 aliphatic carbocycles. The first-order chi connectivity index (χ1) is 9.39. The fourth-order valence-electron chi connectivity index (χ4n) is 1.97. The van der Waals surface area contributed by atoms with Crippen LogP contribution in [-0.4, -0.2) is 33.2 Å². The molecule has 0 unspecified atom stereocenters. The molecule has 1 amide bonds. The van der Waals surface area contributed by atoms with Crippen molar-refractivity contribution in [2.45, 2.75) is 27.2 Å². The number of amides is 1. The molecule has 0 radical (unpaired) electrons. The van der Waals surface area contributed by atoms with Crippen LogP contribution in [0.25, 0.3) is 0 Å². The maximum Gasteiger partial charge on any atom is 0.251 e. The maximum absolute atomic E-state index is 12.2. The molecule has 1 aromatic rings. The van der Waals surface area contributed by atoms with E-state index >= 15 is 0 Å². The zero-order chi connectivity index (χ0) is 15.2. The highest BCUT2D eigenvalue weighted by molar-refractivity contribution is 5.94. The van der Waals surface area contributed by atoms with Crippen molar-refractivity contribution in [3.63, 3.8) is 0 Å². The van der Waals surface area contributed by atoms with Crippen LogP contribution >= 0.6 is 0 Å². The Bertz CT molecular complexity index is 456. The predicted molar refractivity (Wildman–Crippen MR) is 83.3 cm³/mol. The third-order valence-electron chi connectivity index (χ3n) is 3.47. The molecule has 0 saturated heterocycles. The molecule has 1 aromatic carbocycles. The lowest BCUT2D eigenvalue weighted by molar-refractivity contribution is 0.0921. The molecular formula is C16H26N2O2. The highest BCUT2D eigenvalue weighted by Gasteiger charge is 2.19. The first-order valence-electron chi connectivity index (χ1n) is 6.95. The summed E-state index contributed by atoms with van der Waals surface area (Å²) in [7, 11) is 3.57. The van der Waals surface area contributed by atoms with Gasteiger partial charge in [-0.25, -0.2) is 0 Å². The van der Waals surface area contributed by atoms with Crippen LogP contribution in [0.5, 0.6) is 0 Å². The van der Waals surface area contributed by atoms with Gasteiger partial charge in [-0.05, 0) is 42.5 Å². The summed E-state index contributed by atoms with van der Waals surface area (Å²) < 4.78 is 5.09. The minimum absolute atomic E-state index is 0.0266. The summed E-state index contributed by atoms with van der Waals surface area (Å²) in [5, 5.41) is 6.09. The van der Waals surface area contributed by atoms with Gasteiger partial charge in [-0.2, -0.15) is 0 Å². The van der Waals surface area contributed by atoms with E-state index in [0.717, 1.165) is 17.7 Å². The number of hydrogen-bond acceptors (Lipinski definition) is 3. The molecule has 0 atom stereocenters. The molecule has 0 heterocycles. The predicted octanol–water partition coefficient (Wildman–Crippen LogP) is 2.83. The Labute approximate surface area is 121 Å². The topological polar surface area (TPSA) is 50.4 Å². The lowest BCUT2D eigenvalue weighted by Gasteiger charge is -2.24. The van der Waals surface area contributed by atoms with Crippen molar-refractivity contribution < 1.29 is 9.53 Å². The normalized spacial score (nSPS) is 11.2. The smallest absolute Gasteiger partial charge is 0.251 e. The summed E-state index contributed by atoms with van der Waals surface area (Å²) in [5.41, 5.74) is 2.84. The van der Waals surface area contributed by atoms with E-state index in [1.807, 2.05) is 32.2 Å². The Kier molecular flexibility index (Phi) is 6.02. The van der Waals surface area contributed by atoms with Crippen molar-refractivity contribution in [1.29, 1.82) is 0 Å². The summed E-state index contributed by atoms with van der Waals surface area (Å²) in [6, 6.07) is 5.68. The first-order valence-corrected chi connectivity index (χ1v) is 6.95. The second kappa shape index (κ2) is 7.29. The van der Waals surface area contributed by atoms with Crippen molar-refractivity contribution in [2.24, 2.45) is 5.41 Å². The molecule has 0 fully saturated rings. The van der Waals surface area contributed by atoms with E-state index in [0.29, 0.717) is 18.7 Å². The number of carbonyl (C=O) groups is 1. The van der Waals surface area contributed by atoms with Gasteiger partial charge in [0.25, 0.3) is 5.91 Å². The summed E-state index contributed by atoms with van der Waals surface area (Å²) in [6.45, 7) is 7.59. The number of hydrogen-bond donors (Lipinski definition) is 2. The Hall–Kier alpha value is -1.55. The molecule has 4 heteroatoms. The van der Waals surface area contributed by atoms with Gasteiger partial charge in [-0.15, -0.1) is 0 Å². The van der Waals surface area contributed by atoms with Gasteiger partial charge in [0.15, 0.2) is 0 Å². The number of ether oxygens (including phenoxy) is 1. The van der Waals surface area contributed by atoms with E-state index in [2.05, 4.69) is 24.5 Å². The van der Waals surface area contributed by atoms with Crippen LogP contribution in [0.3, 0.4) is 0 Å². The number of benzene rings is 1. The minimum Gasteiger partial charge on any atom is -0.388 e. The van der Waals surface area contributed by atoms with Gasteiger partial charge in [-0.3, -0.25) is 4.79 Å². The van der Waals surface area contributed by atoms with E-state index in [4.69, 9.17) is 4.74 Å². The maximum atomic E-state index is 12.2. The zero-order valence-electron chi connectivity index (χ0n) is 13.2. The fourth-order valence-corrected chi connectivity index (χ4v) is 1.97. The van der Waals surface area contributed by atoms with Crippen LogP contribution in [0, 0.1) is 12.3 Å². The van der Waals surface area contributed by atoms with Crippen molar-refractivity contribution in [3.8, 4) is 0 Å². The van der Waals surface area contributed by atoms with Crippen LogP contribution in [-0.2, 0) is 4.74 Å². The van der Waals surface area contributed by atoms with E-state index in [1.54, 1.807) is 7.11 Å². The zero-order valence-corrected chi connectivity index (χ0v) is 13.2. The summed E-state index contributed by atoms with van der Waals surface area (Å²) in [4.78, 5) is 12.2. The van der Waals surface area contributed by atoms with Gasteiger partial charge < -0.3 is 15.4 Å². The van der Waals surface area contributed by atoms with E-state index < -0.39 is 0 Å². The third kappa shape index (κ3) is 4.85. The molecular weight excluding hydrogens is 252 g/mol. The summed E-state index contributed by atoms with van der Waals surface area (Å²) in [6.07, 6.45) is 0.918. The monoisotopic (exact) mass is 278 g/mol. The fraction of sp³-hybridized carbons (Fsp3) is 0.562. The van der Waals surface area contributed by atoms with Gasteiger partial charge >= 0.3 is 0 Å². The quantitative estimate of drug-likeness (QED) is 0.806. The highest BCUT2D eigenvalue weighted by Crippen LogP contribution is 2.19. The van der Waals surface area contributed by atoms with Crippen LogP contribution in [0.4, 0.5) is 5.69 Å². The van der Waals surface area contributed by atoms with Gasteiger partial charge in [0, 0.05) is 38.6 Å². The van der Waals surface area contributed by atoms with Crippen LogP contribution in [0.1, 0.15) is 36.2 Å². The lowest BCUT2D eigenvalue weighted by Crippen LogP contribution is -2.34. The number of methoxy groups -OCH3 is 1. The molecule has 112 valence electrons. The van der Waals surface area contributed by atoms with Crippen molar-refractivity contribution in [2.75, 3.05) is 32.6 Å². The molecule has 0 aliphatic rings. The molecule has 0 bridgehead atoms. The Morgan fingerprint density at radius 1 is 1.35 bits per heavy atom. The van der Waals surface area contributed by atoms with Gasteiger partial charge in [0.05, 0.1) is 0 Å². The van der Waals surface area contributed by atoms with Crippen molar-refractivity contribution in [1.82, 2.24) is 5.32 Å². The van der Waals surface area contributed by atoms with E-state index in [9.17, 15) is 4.79 Å². The number of rotatable bonds is 7. The number of carbonyl (C=O) groups excluding carboxylic acids is 1. The summed E-state index contributed by atoms with van der Waals surface area (Å²) >= 11 is 0. The Balaban J connectivity index is 2.61. The molecule has 4 nitrogen and oxygen atoms in total. The minimum atomic E-state index is -0.0266.